The summed E-state index contributed by atoms with van der Waals surface area (Å²) in [7, 11) is 0. The zero-order valence-corrected chi connectivity index (χ0v) is 50.6. The molecule has 1 saturated heterocycles. The Morgan fingerprint density at radius 2 is 0.884 bits per heavy atom. The van der Waals surface area contributed by atoms with E-state index in [0.717, 1.165) is 153 Å². The molecule has 86 heavy (non-hydrogen) atoms. The third kappa shape index (κ3) is 9.97. The van der Waals surface area contributed by atoms with Crippen LogP contribution in [-0.2, 0) is 15.1 Å². The van der Waals surface area contributed by atoms with Gasteiger partial charge in [-0.3, -0.25) is 13.2 Å². The van der Waals surface area contributed by atoms with Crippen LogP contribution in [0.1, 0.15) is 138 Å². The van der Waals surface area contributed by atoms with Crippen molar-refractivity contribution in [2.24, 2.45) is 0 Å². The minimum absolute atomic E-state index is 0.550. The molecular weight excluding hydrogens is 1140 g/mol. The summed E-state index contributed by atoms with van der Waals surface area (Å²) in [4.78, 5) is 29.0. The van der Waals surface area contributed by atoms with Crippen molar-refractivity contribution in [2.75, 3.05) is 26.4 Å². The predicted molar refractivity (Wildman–Crippen MR) is 334 cm³/mol. The van der Waals surface area contributed by atoms with Gasteiger partial charge in [-0.15, -0.1) is 30.6 Å². The summed E-state index contributed by atoms with van der Waals surface area (Å²) in [5.41, 5.74) is 22.3. The van der Waals surface area contributed by atoms with Crippen LogP contribution in [0.5, 0.6) is 0 Å². The van der Waals surface area contributed by atoms with Gasteiger partial charge in [0.1, 0.15) is 16.6 Å². The van der Waals surface area contributed by atoms with Gasteiger partial charge in [0.15, 0.2) is 51.4 Å². The third-order valence-corrected chi connectivity index (χ3v) is 18.2. The molecule has 12 aromatic rings. The molecule has 0 bridgehead atoms. The van der Waals surface area contributed by atoms with Gasteiger partial charge in [-0.05, 0) is 181 Å². The maximum Gasteiger partial charge on any atom is 0.184 e. The number of nitrogens with zero attached hydrogens (tertiary/aromatic N) is 15. The summed E-state index contributed by atoms with van der Waals surface area (Å²) in [6, 6.07) is 31.4. The standard InChI is InChI=1S/C24H25N5O2.C24H23N5O.C19H16BrN5/c1-14-3-6-17(24(30)9-11-31-12-10-24)13-18(14)22-28-27-21-15(2)25-20-8-7-19(16-4-5-16)26-23(20)29(21)22;1-14-3-4-18(16-9-11-30-12-10-16)13-19(14)23-28-27-22-15(2)25-21-8-7-20(17-5-6-17)26-24(21)29(22)23;1-10-3-6-13(20)9-14(10)18-24-23-17-11(2)21-16-8-7-15(12-4-5-12)22-19(16)25(17)18/h3,6-8,13,16,30H,4-5,9-12H2,1-2H3;3-4,7-9,13,17H,5-6,10-12H2,1-2H3;3,6-9,12H,4-5H2,1-2H3. The van der Waals surface area contributed by atoms with E-state index in [9.17, 15) is 5.11 Å². The molecule has 0 radical (unpaired) electrons. The maximum absolute atomic E-state index is 11.2. The zero-order chi connectivity index (χ0) is 58.5. The molecule has 18 nitrogen and oxygen atoms in total. The van der Waals surface area contributed by atoms with E-state index in [1.807, 2.05) is 37.3 Å². The lowest BCUT2D eigenvalue weighted by atomic mass is 9.85. The number of rotatable bonds is 8. The summed E-state index contributed by atoms with van der Waals surface area (Å²) in [6.45, 7) is 14.8. The second-order valence-corrected chi connectivity index (χ2v) is 24.8. The molecule has 1 N–H and O–H groups in total. The SMILES string of the molecule is Cc1ccc(Br)cc1-c1nnc2c(C)nc3ccc(C4CC4)nc3n12.Cc1ccc(C2(O)CCOCC2)cc1-c1nnc2c(C)nc3ccc(C4CC4)nc3n12.Cc1ccc(C2=CCOCC2)cc1-c1nnc2c(C)nc3ccc(C4CC4)nc3n12. The van der Waals surface area contributed by atoms with Crippen molar-refractivity contribution in [3.63, 3.8) is 0 Å². The Kier molecular flexibility index (Phi) is 13.6. The minimum Gasteiger partial charge on any atom is -0.385 e. The van der Waals surface area contributed by atoms with E-state index >= 15 is 0 Å². The highest BCUT2D eigenvalue weighted by atomic mass is 79.9. The van der Waals surface area contributed by atoms with E-state index < -0.39 is 5.60 Å². The number of fused-ring (bicyclic) bond motifs is 9. The average molecular weight is 1210 g/mol. The first kappa shape index (κ1) is 54.3. The van der Waals surface area contributed by atoms with Crippen molar-refractivity contribution in [1.29, 1.82) is 0 Å². The van der Waals surface area contributed by atoms with Gasteiger partial charge >= 0.3 is 0 Å². The number of aromatic nitrogens is 15. The quantitative estimate of drug-likeness (QED) is 0.150. The molecule has 0 amide bonds. The van der Waals surface area contributed by atoms with E-state index in [2.05, 4.69) is 166 Å². The van der Waals surface area contributed by atoms with Gasteiger partial charge in [0, 0.05) is 82.1 Å². The van der Waals surface area contributed by atoms with Crippen molar-refractivity contribution in [2.45, 2.75) is 123 Å². The lowest BCUT2D eigenvalue weighted by molar-refractivity contribution is -0.0679. The fourth-order valence-electron chi connectivity index (χ4n) is 12.2. The van der Waals surface area contributed by atoms with Crippen LogP contribution >= 0.6 is 15.9 Å². The first-order valence-corrected chi connectivity index (χ1v) is 30.8. The fraction of sp³-hybridized carbons (Fsp3) is 0.343. The summed E-state index contributed by atoms with van der Waals surface area (Å²) in [6.07, 6.45) is 11.6. The number of ether oxygens (including phenoxy) is 2. The van der Waals surface area contributed by atoms with Gasteiger partial charge < -0.3 is 14.6 Å². The molecule has 5 aliphatic rings. The topological polar surface area (TPSA) is 207 Å². The van der Waals surface area contributed by atoms with Crippen LogP contribution < -0.4 is 0 Å². The smallest absolute Gasteiger partial charge is 0.184 e. The first-order valence-electron chi connectivity index (χ1n) is 30.0. The maximum atomic E-state index is 11.2. The van der Waals surface area contributed by atoms with E-state index in [0.29, 0.717) is 50.4 Å². The van der Waals surface area contributed by atoms with Crippen LogP contribution in [0.2, 0.25) is 0 Å². The highest BCUT2D eigenvalue weighted by Crippen LogP contribution is 2.43. The second-order valence-electron chi connectivity index (χ2n) is 23.9. The van der Waals surface area contributed by atoms with E-state index in [-0.39, 0.29) is 0 Å². The Morgan fingerprint density at radius 1 is 0.453 bits per heavy atom. The van der Waals surface area contributed by atoms with Crippen LogP contribution in [0, 0.1) is 41.5 Å². The second kappa shape index (κ2) is 21.6. The lowest BCUT2D eigenvalue weighted by Crippen LogP contribution is -2.33. The number of halogens is 1. The van der Waals surface area contributed by atoms with E-state index in [4.69, 9.17) is 34.4 Å². The molecule has 2 aliphatic heterocycles. The van der Waals surface area contributed by atoms with Gasteiger partial charge in [-0.2, -0.15) is 0 Å². The zero-order valence-electron chi connectivity index (χ0n) is 49.0. The number of benzene rings is 3. The Morgan fingerprint density at radius 3 is 1.33 bits per heavy atom. The fourth-order valence-corrected chi connectivity index (χ4v) is 12.5. The Bertz CT molecular complexity index is 4740. The molecule has 0 atom stereocenters. The van der Waals surface area contributed by atoms with Gasteiger partial charge in [0.2, 0.25) is 0 Å². The highest BCUT2D eigenvalue weighted by molar-refractivity contribution is 9.10. The van der Waals surface area contributed by atoms with Crippen molar-refractivity contribution < 1.29 is 14.6 Å². The Labute approximate surface area is 504 Å². The molecule has 3 aromatic carbocycles. The molecule has 9 aromatic heterocycles. The number of aryl methyl sites for hydroxylation is 6. The average Bonchev–Trinajstić information content (AvgIpc) is 2.43. The molecule has 4 fully saturated rings. The first-order chi connectivity index (χ1) is 41.8. The molecule has 3 saturated carbocycles. The molecule has 17 rings (SSSR count). The minimum atomic E-state index is -0.877. The van der Waals surface area contributed by atoms with Gasteiger partial charge in [0.05, 0.1) is 35.9 Å². The Hall–Kier alpha value is -8.36. The predicted octanol–water partition coefficient (Wildman–Crippen LogP) is 13.1. The van der Waals surface area contributed by atoms with Crippen molar-refractivity contribution in [3.8, 4) is 34.2 Å². The summed E-state index contributed by atoms with van der Waals surface area (Å²) in [5.74, 6) is 4.09. The third-order valence-electron chi connectivity index (χ3n) is 17.7. The van der Waals surface area contributed by atoms with Crippen molar-refractivity contribution in [3.05, 3.63) is 164 Å². The molecule has 3 aliphatic carbocycles. The lowest BCUT2D eigenvalue weighted by Gasteiger charge is -2.33. The monoisotopic (exact) mass is 1210 g/mol. The number of hydrogen-bond donors (Lipinski definition) is 1. The summed E-state index contributed by atoms with van der Waals surface area (Å²) < 4.78 is 18.1. The number of hydrogen-bond acceptors (Lipinski definition) is 15. The molecule has 0 unspecified atom stereocenters. The molecule has 11 heterocycles. The van der Waals surface area contributed by atoms with Crippen LogP contribution in [-0.4, -0.2) is 105 Å². The van der Waals surface area contributed by atoms with Gasteiger partial charge in [-0.1, -0.05) is 52.3 Å². The summed E-state index contributed by atoms with van der Waals surface area (Å²) in [5, 5.41) is 38.2. The van der Waals surface area contributed by atoms with Crippen LogP contribution in [0.4, 0.5) is 0 Å². The molecule has 19 heteroatoms. The van der Waals surface area contributed by atoms with E-state index in [1.54, 1.807) is 0 Å². The highest BCUT2D eigenvalue weighted by Gasteiger charge is 2.34. The molecule has 432 valence electrons. The van der Waals surface area contributed by atoms with Gasteiger partial charge in [0.25, 0.3) is 0 Å². The Balaban J connectivity index is 0.000000110. The van der Waals surface area contributed by atoms with Crippen molar-refractivity contribution >= 4 is 71.9 Å². The normalized spacial score (nSPS) is 16.9. The van der Waals surface area contributed by atoms with Crippen LogP contribution in [0.3, 0.4) is 0 Å². The summed E-state index contributed by atoms with van der Waals surface area (Å²) >= 11 is 3.56. The van der Waals surface area contributed by atoms with Crippen LogP contribution in [0.25, 0.3) is 90.2 Å². The molecular formula is C67H64BrN15O3. The largest absolute Gasteiger partial charge is 0.385 e. The number of pyridine rings is 3. The molecule has 0 spiro atoms. The van der Waals surface area contributed by atoms with Crippen molar-refractivity contribution in [1.82, 2.24) is 73.7 Å². The van der Waals surface area contributed by atoms with E-state index in [1.165, 1.54) is 55.2 Å². The van der Waals surface area contributed by atoms with Gasteiger partial charge in [-0.25, -0.2) is 29.9 Å². The van der Waals surface area contributed by atoms with Crippen LogP contribution in [0.15, 0.2) is 102 Å². The number of aliphatic hydroxyl groups is 1.